The molecule has 0 aliphatic heterocycles. The molecule has 0 heterocycles. The van der Waals surface area contributed by atoms with Crippen molar-refractivity contribution in [3.63, 3.8) is 0 Å². The summed E-state index contributed by atoms with van der Waals surface area (Å²) in [6.07, 6.45) is 2.90. The highest BCUT2D eigenvalue weighted by atomic mass is 35.5. The SMILES string of the molecule is O=S(=O)(c1ccc(CC(Cl)C2CC2)cc1)C(F)F. The predicted molar refractivity (Wildman–Crippen MR) is 65.7 cm³/mol. The number of sulfone groups is 1. The lowest BCUT2D eigenvalue weighted by atomic mass is 10.1. The van der Waals surface area contributed by atoms with Gasteiger partial charge >= 0.3 is 5.76 Å². The second kappa shape index (κ2) is 5.13. The van der Waals surface area contributed by atoms with E-state index in [1.165, 1.54) is 12.1 Å². The molecule has 2 rings (SSSR count). The maximum absolute atomic E-state index is 12.3. The molecule has 2 nitrogen and oxygen atoms in total. The van der Waals surface area contributed by atoms with E-state index in [-0.39, 0.29) is 10.3 Å². The van der Waals surface area contributed by atoms with Gasteiger partial charge in [-0.1, -0.05) is 12.1 Å². The average molecular weight is 295 g/mol. The van der Waals surface area contributed by atoms with Crippen LogP contribution in [0.3, 0.4) is 0 Å². The van der Waals surface area contributed by atoms with Crippen LogP contribution in [0.2, 0.25) is 0 Å². The normalized spacial score (nSPS) is 18.0. The van der Waals surface area contributed by atoms with Crippen LogP contribution < -0.4 is 0 Å². The van der Waals surface area contributed by atoms with Crippen LogP contribution in [-0.2, 0) is 16.3 Å². The summed E-state index contributed by atoms with van der Waals surface area (Å²) in [7, 11) is -4.49. The molecule has 1 aliphatic rings. The van der Waals surface area contributed by atoms with Crippen molar-refractivity contribution in [2.45, 2.75) is 35.3 Å². The van der Waals surface area contributed by atoms with Gasteiger partial charge in [0.2, 0.25) is 9.84 Å². The summed E-state index contributed by atoms with van der Waals surface area (Å²) in [5.41, 5.74) is 0.870. The minimum Gasteiger partial charge on any atom is -0.218 e. The summed E-state index contributed by atoms with van der Waals surface area (Å²) >= 11 is 6.15. The molecule has 1 aromatic rings. The summed E-state index contributed by atoms with van der Waals surface area (Å²) in [4.78, 5) is -0.348. The van der Waals surface area contributed by atoms with Gasteiger partial charge in [-0.2, -0.15) is 8.78 Å². The maximum atomic E-state index is 12.3. The van der Waals surface area contributed by atoms with E-state index in [0.717, 1.165) is 18.4 Å². The topological polar surface area (TPSA) is 34.1 Å². The van der Waals surface area contributed by atoms with Gasteiger partial charge in [-0.25, -0.2) is 8.42 Å². The predicted octanol–water partition coefficient (Wildman–Crippen LogP) is 3.24. The number of halogens is 3. The van der Waals surface area contributed by atoms with E-state index in [0.29, 0.717) is 12.3 Å². The van der Waals surface area contributed by atoms with Gasteiger partial charge in [0.1, 0.15) is 0 Å². The van der Waals surface area contributed by atoms with Gasteiger partial charge in [0.15, 0.2) is 0 Å². The first-order chi connectivity index (χ1) is 8.41. The Labute approximate surface area is 110 Å². The Morgan fingerprint density at radius 2 is 1.78 bits per heavy atom. The zero-order valence-corrected chi connectivity index (χ0v) is 11.1. The standard InChI is InChI=1S/C12H13ClF2O2S/c13-11(9-3-4-9)7-8-1-5-10(6-2-8)18(16,17)12(14)15/h1-2,5-6,9,11-12H,3-4,7H2. The first kappa shape index (κ1) is 13.7. The minimum atomic E-state index is -4.49. The van der Waals surface area contributed by atoms with Crippen LogP contribution in [0.5, 0.6) is 0 Å². The van der Waals surface area contributed by atoms with Crippen LogP contribution in [0.25, 0.3) is 0 Å². The summed E-state index contributed by atoms with van der Waals surface area (Å²) in [6, 6.07) is 5.53. The quantitative estimate of drug-likeness (QED) is 0.781. The van der Waals surface area contributed by atoms with E-state index >= 15 is 0 Å². The number of alkyl halides is 3. The molecular weight excluding hydrogens is 282 g/mol. The fourth-order valence-corrected chi connectivity index (χ4v) is 2.92. The summed E-state index contributed by atoms with van der Waals surface area (Å²) in [5, 5.41) is 0.0440. The molecule has 1 fully saturated rings. The fraction of sp³-hybridized carbons (Fsp3) is 0.500. The zero-order valence-electron chi connectivity index (χ0n) is 9.52. The molecule has 1 aromatic carbocycles. The molecule has 0 amide bonds. The molecule has 1 unspecified atom stereocenters. The molecule has 0 aromatic heterocycles. The average Bonchev–Trinajstić information content (AvgIpc) is 3.13. The van der Waals surface area contributed by atoms with E-state index in [4.69, 9.17) is 11.6 Å². The Morgan fingerprint density at radius 3 is 2.22 bits per heavy atom. The highest BCUT2D eigenvalue weighted by Crippen LogP contribution is 2.37. The van der Waals surface area contributed by atoms with Crippen LogP contribution in [0.1, 0.15) is 18.4 Å². The third-order valence-electron chi connectivity index (χ3n) is 3.05. The lowest BCUT2D eigenvalue weighted by molar-refractivity contribution is 0.234. The van der Waals surface area contributed by atoms with Crippen molar-refractivity contribution in [3.8, 4) is 0 Å². The summed E-state index contributed by atoms with van der Waals surface area (Å²) in [5.74, 6) is -2.84. The summed E-state index contributed by atoms with van der Waals surface area (Å²) in [6.45, 7) is 0. The number of hydrogen-bond donors (Lipinski definition) is 0. The van der Waals surface area contributed by atoms with E-state index in [1.807, 2.05) is 0 Å². The number of hydrogen-bond acceptors (Lipinski definition) is 2. The lowest BCUT2D eigenvalue weighted by Gasteiger charge is -2.08. The molecule has 0 saturated heterocycles. The van der Waals surface area contributed by atoms with E-state index in [9.17, 15) is 17.2 Å². The fourth-order valence-electron chi connectivity index (χ4n) is 1.77. The molecular formula is C12H13ClF2O2S. The molecule has 0 spiro atoms. The van der Waals surface area contributed by atoms with Crippen LogP contribution in [0, 0.1) is 5.92 Å². The van der Waals surface area contributed by atoms with Gasteiger partial charge in [-0.15, -0.1) is 11.6 Å². The van der Waals surface area contributed by atoms with Crippen molar-refractivity contribution in [3.05, 3.63) is 29.8 Å². The largest absolute Gasteiger partial charge is 0.341 e. The van der Waals surface area contributed by atoms with Crippen molar-refractivity contribution < 1.29 is 17.2 Å². The summed E-state index contributed by atoms with van der Waals surface area (Å²) < 4.78 is 47.0. The van der Waals surface area contributed by atoms with Crippen LogP contribution in [0.15, 0.2) is 29.2 Å². The Bertz CT molecular complexity index is 509. The second-order valence-electron chi connectivity index (χ2n) is 4.51. The molecule has 0 N–H and O–H groups in total. The Balaban J connectivity index is 2.10. The first-order valence-electron chi connectivity index (χ1n) is 5.66. The van der Waals surface area contributed by atoms with E-state index in [2.05, 4.69) is 0 Å². The third-order valence-corrected chi connectivity index (χ3v) is 4.96. The van der Waals surface area contributed by atoms with Gasteiger partial charge in [0.25, 0.3) is 0 Å². The highest BCUT2D eigenvalue weighted by Gasteiger charge is 2.30. The van der Waals surface area contributed by atoms with Crippen LogP contribution >= 0.6 is 11.6 Å². The number of rotatable bonds is 5. The van der Waals surface area contributed by atoms with Gasteiger partial charge in [0, 0.05) is 5.38 Å². The maximum Gasteiger partial charge on any atom is 0.341 e. The monoisotopic (exact) mass is 294 g/mol. The zero-order chi connectivity index (χ0) is 13.3. The Hall–Kier alpha value is -0.680. The first-order valence-corrected chi connectivity index (χ1v) is 7.64. The minimum absolute atomic E-state index is 0.0440. The lowest BCUT2D eigenvalue weighted by Crippen LogP contribution is -2.11. The van der Waals surface area contributed by atoms with Crippen LogP contribution in [-0.4, -0.2) is 19.6 Å². The van der Waals surface area contributed by atoms with E-state index in [1.54, 1.807) is 12.1 Å². The molecule has 6 heteroatoms. The smallest absolute Gasteiger partial charge is 0.218 e. The van der Waals surface area contributed by atoms with Crippen molar-refractivity contribution in [1.29, 1.82) is 0 Å². The third kappa shape index (κ3) is 3.01. The van der Waals surface area contributed by atoms with Crippen LogP contribution in [0.4, 0.5) is 8.78 Å². The van der Waals surface area contributed by atoms with Gasteiger partial charge < -0.3 is 0 Å². The molecule has 18 heavy (non-hydrogen) atoms. The molecule has 0 radical (unpaired) electrons. The van der Waals surface area contributed by atoms with E-state index < -0.39 is 15.6 Å². The molecule has 1 saturated carbocycles. The van der Waals surface area contributed by atoms with Gasteiger partial charge in [0.05, 0.1) is 4.90 Å². The Kier molecular flexibility index (Phi) is 3.92. The van der Waals surface area contributed by atoms with Gasteiger partial charge in [-0.3, -0.25) is 0 Å². The Morgan fingerprint density at radius 1 is 1.22 bits per heavy atom. The molecule has 1 atom stereocenters. The second-order valence-corrected chi connectivity index (χ2v) is 6.99. The molecule has 100 valence electrons. The van der Waals surface area contributed by atoms with Crippen molar-refractivity contribution in [2.24, 2.45) is 5.92 Å². The van der Waals surface area contributed by atoms with Crippen molar-refractivity contribution in [2.75, 3.05) is 0 Å². The molecule has 1 aliphatic carbocycles. The highest BCUT2D eigenvalue weighted by molar-refractivity contribution is 7.91. The molecule has 0 bridgehead atoms. The van der Waals surface area contributed by atoms with Crippen molar-refractivity contribution >= 4 is 21.4 Å². The number of benzene rings is 1. The van der Waals surface area contributed by atoms with Crippen molar-refractivity contribution in [1.82, 2.24) is 0 Å². The van der Waals surface area contributed by atoms with Gasteiger partial charge in [-0.05, 0) is 42.9 Å².